The summed E-state index contributed by atoms with van der Waals surface area (Å²) < 4.78 is 13.4. The quantitative estimate of drug-likeness (QED) is 0.752. The van der Waals surface area contributed by atoms with Crippen LogP contribution in [0.5, 0.6) is 5.88 Å². The van der Waals surface area contributed by atoms with Crippen molar-refractivity contribution in [2.24, 2.45) is 0 Å². The van der Waals surface area contributed by atoms with Gasteiger partial charge in [0.2, 0.25) is 5.88 Å². The van der Waals surface area contributed by atoms with Crippen LogP contribution in [0.15, 0.2) is 16.8 Å². The van der Waals surface area contributed by atoms with Crippen molar-refractivity contribution in [3.8, 4) is 5.88 Å². The summed E-state index contributed by atoms with van der Waals surface area (Å²) in [7, 11) is 1.57. The van der Waals surface area contributed by atoms with Crippen LogP contribution in [0.1, 0.15) is 30.0 Å². The van der Waals surface area contributed by atoms with Gasteiger partial charge in [0.1, 0.15) is 23.4 Å². The van der Waals surface area contributed by atoms with Crippen molar-refractivity contribution in [1.29, 1.82) is 0 Å². The van der Waals surface area contributed by atoms with Gasteiger partial charge in [0.25, 0.3) is 0 Å². The Morgan fingerprint density at radius 3 is 2.76 bits per heavy atom. The van der Waals surface area contributed by atoms with Crippen molar-refractivity contribution in [3.05, 3.63) is 34.2 Å². The average molecular weight is 304 g/mol. The van der Waals surface area contributed by atoms with E-state index in [0.717, 1.165) is 22.7 Å². The number of hydrogen-bond donors (Lipinski definition) is 1. The molecule has 3 heterocycles. The van der Waals surface area contributed by atoms with Gasteiger partial charge in [-0.15, -0.1) is 0 Å². The molecule has 1 unspecified atom stereocenters. The summed E-state index contributed by atoms with van der Waals surface area (Å²) in [5.74, 6) is 2.25. The fourth-order valence-electron chi connectivity index (χ4n) is 2.63. The highest BCUT2D eigenvalue weighted by Gasteiger charge is 2.20. The zero-order valence-corrected chi connectivity index (χ0v) is 13.1. The van der Waals surface area contributed by atoms with E-state index in [4.69, 9.17) is 21.4 Å². The molecule has 110 valence electrons. The normalized spacial score (nSPS) is 12.8. The maximum absolute atomic E-state index is 5.62. The van der Waals surface area contributed by atoms with Gasteiger partial charge in [0.15, 0.2) is 10.4 Å². The minimum Gasteiger partial charge on any atom is -0.479 e. The Morgan fingerprint density at radius 2 is 2.14 bits per heavy atom. The summed E-state index contributed by atoms with van der Waals surface area (Å²) >= 11 is 5.44. The molecule has 0 bridgehead atoms. The molecule has 0 fully saturated rings. The topological polar surface area (TPSA) is 68.9 Å². The van der Waals surface area contributed by atoms with E-state index in [1.807, 2.05) is 24.5 Å². The second-order valence-corrected chi connectivity index (χ2v) is 5.31. The number of ether oxygens (including phenoxy) is 1. The maximum atomic E-state index is 5.62. The van der Waals surface area contributed by atoms with Crippen molar-refractivity contribution in [3.63, 3.8) is 0 Å². The number of nitrogens with zero attached hydrogens (tertiary/aromatic N) is 3. The standard InChI is InChI=1S/C14H16N4O2S/c1-7-5-10(9(3)20-7)8(2)18-12-11(17-14(18)21)13(19-4)16-6-15-12/h5-6,8H,1-4H3,(H,17,21). The first-order valence-corrected chi connectivity index (χ1v) is 7.00. The molecule has 0 amide bonds. The lowest BCUT2D eigenvalue weighted by atomic mass is 10.1. The van der Waals surface area contributed by atoms with E-state index in [-0.39, 0.29) is 6.04 Å². The van der Waals surface area contributed by atoms with E-state index >= 15 is 0 Å². The number of aromatic amines is 1. The number of imidazole rings is 1. The second-order valence-electron chi connectivity index (χ2n) is 4.93. The molecule has 3 aromatic rings. The Morgan fingerprint density at radius 1 is 1.38 bits per heavy atom. The Bertz CT molecular complexity index is 862. The molecule has 1 N–H and O–H groups in total. The molecule has 0 spiro atoms. The van der Waals surface area contributed by atoms with Crippen LogP contribution in [0.25, 0.3) is 11.2 Å². The first-order valence-electron chi connectivity index (χ1n) is 6.59. The Kier molecular flexibility index (Phi) is 3.29. The van der Waals surface area contributed by atoms with Gasteiger partial charge in [-0.1, -0.05) is 0 Å². The highest BCUT2D eigenvalue weighted by Crippen LogP contribution is 2.29. The molecular formula is C14H16N4O2S. The van der Waals surface area contributed by atoms with Crippen LogP contribution in [0.3, 0.4) is 0 Å². The van der Waals surface area contributed by atoms with Gasteiger partial charge in [-0.2, -0.15) is 4.98 Å². The van der Waals surface area contributed by atoms with E-state index in [2.05, 4.69) is 21.9 Å². The minimum absolute atomic E-state index is 0.00306. The number of aryl methyl sites for hydroxylation is 2. The van der Waals surface area contributed by atoms with Crippen molar-refractivity contribution in [2.75, 3.05) is 7.11 Å². The van der Waals surface area contributed by atoms with Crippen LogP contribution < -0.4 is 4.74 Å². The molecule has 0 aromatic carbocycles. The highest BCUT2D eigenvalue weighted by molar-refractivity contribution is 7.71. The summed E-state index contributed by atoms with van der Waals surface area (Å²) in [5, 5.41) is 0. The number of hydrogen-bond acceptors (Lipinski definition) is 5. The third-order valence-electron chi connectivity index (χ3n) is 3.58. The summed E-state index contributed by atoms with van der Waals surface area (Å²) in [6.45, 7) is 5.95. The molecule has 3 aromatic heterocycles. The molecule has 0 saturated heterocycles. The van der Waals surface area contributed by atoms with E-state index < -0.39 is 0 Å². The summed E-state index contributed by atoms with van der Waals surface area (Å²) in [6, 6.07) is 2.03. The van der Waals surface area contributed by atoms with Crippen molar-refractivity contribution in [1.82, 2.24) is 19.5 Å². The molecule has 0 aliphatic rings. The van der Waals surface area contributed by atoms with Gasteiger partial charge >= 0.3 is 0 Å². The second kappa shape index (κ2) is 5.00. The van der Waals surface area contributed by atoms with E-state index in [0.29, 0.717) is 16.2 Å². The van der Waals surface area contributed by atoms with Crippen LogP contribution in [0.2, 0.25) is 0 Å². The molecule has 0 radical (unpaired) electrons. The number of aromatic nitrogens is 4. The Balaban J connectivity index is 2.23. The number of rotatable bonds is 3. The predicted octanol–water partition coefficient (Wildman–Crippen LogP) is 3.32. The molecule has 6 nitrogen and oxygen atoms in total. The molecule has 0 saturated carbocycles. The Hall–Kier alpha value is -2.15. The van der Waals surface area contributed by atoms with Crippen molar-refractivity contribution in [2.45, 2.75) is 26.8 Å². The van der Waals surface area contributed by atoms with Crippen LogP contribution >= 0.6 is 12.2 Å². The molecular weight excluding hydrogens is 288 g/mol. The van der Waals surface area contributed by atoms with Crippen molar-refractivity contribution >= 4 is 23.4 Å². The lowest BCUT2D eigenvalue weighted by Gasteiger charge is -2.13. The smallest absolute Gasteiger partial charge is 0.242 e. The zero-order valence-electron chi connectivity index (χ0n) is 12.3. The SMILES string of the molecule is COc1ncnc2c1[nH]c(=S)n2C(C)c1cc(C)oc1C. The molecule has 21 heavy (non-hydrogen) atoms. The number of nitrogens with one attached hydrogen (secondary N) is 1. The molecule has 1 atom stereocenters. The summed E-state index contributed by atoms with van der Waals surface area (Å²) in [5.41, 5.74) is 2.51. The fraction of sp³-hybridized carbons (Fsp3) is 0.357. The van der Waals surface area contributed by atoms with Gasteiger partial charge < -0.3 is 14.1 Å². The van der Waals surface area contributed by atoms with Crippen LogP contribution in [0, 0.1) is 18.6 Å². The van der Waals surface area contributed by atoms with E-state index in [9.17, 15) is 0 Å². The Labute approximate surface area is 126 Å². The third kappa shape index (κ3) is 2.13. The zero-order chi connectivity index (χ0) is 15.1. The minimum atomic E-state index is 0.00306. The third-order valence-corrected chi connectivity index (χ3v) is 3.88. The van der Waals surface area contributed by atoms with Gasteiger partial charge in [0, 0.05) is 5.56 Å². The average Bonchev–Trinajstić information content (AvgIpc) is 2.96. The van der Waals surface area contributed by atoms with Crippen molar-refractivity contribution < 1.29 is 9.15 Å². The largest absolute Gasteiger partial charge is 0.479 e. The van der Waals surface area contributed by atoms with Gasteiger partial charge in [-0.25, -0.2) is 4.98 Å². The van der Waals surface area contributed by atoms with Crippen LogP contribution in [-0.2, 0) is 0 Å². The fourth-order valence-corrected chi connectivity index (χ4v) is 2.98. The molecule has 7 heteroatoms. The lowest BCUT2D eigenvalue weighted by Crippen LogP contribution is -2.08. The summed E-state index contributed by atoms with van der Waals surface area (Å²) in [4.78, 5) is 11.5. The van der Waals surface area contributed by atoms with E-state index in [1.54, 1.807) is 7.11 Å². The monoisotopic (exact) mass is 304 g/mol. The number of methoxy groups -OCH3 is 1. The van der Waals surface area contributed by atoms with Gasteiger partial charge in [-0.05, 0) is 39.1 Å². The predicted molar refractivity (Wildman–Crippen MR) is 81.3 cm³/mol. The lowest BCUT2D eigenvalue weighted by molar-refractivity contribution is 0.401. The molecule has 0 aliphatic carbocycles. The summed E-state index contributed by atoms with van der Waals surface area (Å²) in [6.07, 6.45) is 1.47. The maximum Gasteiger partial charge on any atom is 0.242 e. The number of fused-ring (bicyclic) bond motifs is 1. The first kappa shape index (κ1) is 13.8. The highest BCUT2D eigenvalue weighted by atomic mass is 32.1. The van der Waals surface area contributed by atoms with Gasteiger partial charge in [-0.3, -0.25) is 4.57 Å². The van der Waals surface area contributed by atoms with Crippen LogP contribution in [0.4, 0.5) is 0 Å². The number of H-pyrrole nitrogens is 1. The van der Waals surface area contributed by atoms with E-state index in [1.165, 1.54) is 6.33 Å². The molecule has 0 aliphatic heterocycles. The van der Waals surface area contributed by atoms with Gasteiger partial charge in [0.05, 0.1) is 13.2 Å². The first-order chi connectivity index (χ1) is 10.0. The van der Waals surface area contributed by atoms with Crippen LogP contribution in [-0.4, -0.2) is 26.6 Å². The number of furan rings is 1. The molecule has 3 rings (SSSR count).